The summed E-state index contributed by atoms with van der Waals surface area (Å²) in [5.41, 5.74) is 7.33. The SMILES string of the molecule is C[C@H](N)c1cccnc1N1CCC[C@H]2CCCC[C@H]21. The molecule has 1 saturated heterocycles. The van der Waals surface area contributed by atoms with Crippen molar-refractivity contribution in [2.24, 2.45) is 11.7 Å². The molecule has 0 amide bonds. The van der Waals surface area contributed by atoms with Gasteiger partial charge in [0, 0.05) is 30.4 Å². The van der Waals surface area contributed by atoms with Crippen molar-refractivity contribution < 1.29 is 0 Å². The second-order valence-corrected chi connectivity index (χ2v) is 6.15. The Labute approximate surface area is 116 Å². The van der Waals surface area contributed by atoms with E-state index in [4.69, 9.17) is 5.73 Å². The van der Waals surface area contributed by atoms with Crippen LogP contribution in [0.4, 0.5) is 5.82 Å². The van der Waals surface area contributed by atoms with Gasteiger partial charge in [0.2, 0.25) is 0 Å². The summed E-state index contributed by atoms with van der Waals surface area (Å²) in [6.45, 7) is 3.21. The molecule has 2 fully saturated rings. The van der Waals surface area contributed by atoms with Gasteiger partial charge in [-0.3, -0.25) is 0 Å². The second-order valence-electron chi connectivity index (χ2n) is 6.15. The number of piperidine rings is 1. The largest absolute Gasteiger partial charge is 0.353 e. The van der Waals surface area contributed by atoms with Gasteiger partial charge < -0.3 is 10.6 Å². The van der Waals surface area contributed by atoms with Crippen molar-refractivity contribution in [3.05, 3.63) is 23.9 Å². The van der Waals surface area contributed by atoms with Crippen LogP contribution in [0.15, 0.2) is 18.3 Å². The molecular formula is C16H25N3. The zero-order chi connectivity index (χ0) is 13.2. The smallest absolute Gasteiger partial charge is 0.133 e. The summed E-state index contributed by atoms with van der Waals surface area (Å²) in [6, 6.07) is 4.91. The van der Waals surface area contributed by atoms with Crippen molar-refractivity contribution in [1.82, 2.24) is 4.98 Å². The summed E-state index contributed by atoms with van der Waals surface area (Å²) < 4.78 is 0. The number of hydrogen-bond acceptors (Lipinski definition) is 3. The van der Waals surface area contributed by atoms with Gasteiger partial charge in [-0.1, -0.05) is 18.9 Å². The van der Waals surface area contributed by atoms with Crippen molar-refractivity contribution in [3.63, 3.8) is 0 Å². The van der Waals surface area contributed by atoms with Gasteiger partial charge in [-0.25, -0.2) is 4.98 Å². The lowest BCUT2D eigenvalue weighted by Gasteiger charge is -2.45. The van der Waals surface area contributed by atoms with E-state index in [1.807, 2.05) is 12.3 Å². The molecule has 3 rings (SSSR count). The molecule has 1 aliphatic carbocycles. The molecule has 2 heterocycles. The van der Waals surface area contributed by atoms with E-state index in [1.165, 1.54) is 44.1 Å². The van der Waals surface area contributed by atoms with Crippen molar-refractivity contribution in [2.75, 3.05) is 11.4 Å². The fourth-order valence-corrected chi connectivity index (χ4v) is 3.89. The Balaban J connectivity index is 1.91. The molecule has 0 bridgehead atoms. The third-order valence-corrected chi connectivity index (χ3v) is 4.82. The number of pyridine rings is 1. The molecular weight excluding hydrogens is 234 g/mol. The molecule has 0 radical (unpaired) electrons. The van der Waals surface area contributed by atoms with Crippen LogP contribution in [0, 0.1) is 5.92 Å². The van der Waals surface area contributed by atoms with Crippen molar-refractivity contribution in [3.8, 4) is 0 Å². The van der Waals surface area contributed by atoms with Crippen LogP contribution in [0.25, 0.3) is 0 Å². The molecule has 1 aromatic rings. The van der Waals surface area contributed by atoms with E-state index in [1.54, 1.807) is 0 Å². The van der Waals surface area contributed by atoms with Gasteiger partial charge in [0.25, 0.3) is 0 Å². The molecule has 19 heavy (non-hydrogen) atoms. The summed E-state index contributed by atoms with van der Waals surface area (Å²) in [7, 11) is 0. The Morgan fingerprint density at radius 1 is 1.26 bits per heavy atom. The fraction of sp³-hybridized carbons (Fsp3) is 0.688. The Bertz CT molecular complexity index is 428. The first-order valence-electron chi connectivity index (χ1n) is 7.74. The molecule has 104 valence electrons. The van der Waals surface area contributed by atoms with Crippen LogP contribution in [0.2, 0.25) is 0 Å². The van der Waals surface area contributed by atoms with Crippen LogP contribution in [0.1, 0.15) is 57.1 Å². The second kappa shape index (κ2) is 5.49. The third-order valence-electron chi connectivity index (χ3n) is 4.82. The van der Waals surface area contributed by atoms with Crippen molar-refractivity contribution >= 4 is 5.82 Å². The standard InChI is InChI=1S/C16H25N3/c1-12(17)14-8-4-10-18-16(14)19-11-5-7-13-6-2-3-9-15(13)19/h4,8,10,12-13,15H,2-3,5-7,9,11,17H2,1H3/t12-,13+,15+/m0/s1. The lowest BCUT2D eigenvalue weighted by Crippen LogP contribution is -2.47. The van der Waals surface area contributed by atoms with E-state index in [0.29, 0.717) is 6.04 Å². The zero-order valence-corrected chi connectivity index (χ0v) is 11.9. The zero-order valence-electron chi connectivity index (χ0n) is 11.9. The van der Waals surface area contributed by atoms with Gasteiger partial charge in [0.15, 0.2) is 0 Å². The minimum Gasteiger partial charge on any atom is -0.353 e. The highest BCUT2D eigenvalue weighted by Gasteiger charge is 2.34. The molecule has 2 aliphatic rings. The predicted molar refractivity (Wildman–Crippen MR) is 79.2 cm³/mol. The van der Waals surface area contributed by atoms with Gasteiger partial charge in [-0.05, 0) is 44.6 Å². The molecule has 1 aromatic heterocycles. The van der Waals surface area contributed by atoms with Crippen LogP contribution < -0.4 is 10.6 Å². The van der Waals surface area contributed by atoms with Crippen LogP contribution in [0.3, 0.4) is 0 Å². The van der Waals surface area contributed by atoms with Gasteiger partial charge in [0.1, 0.15) is 5.82 Å². The molecule has 3 nitrogen and oxygen atoms in total. The lowest BCUT2D eigenvalue weighted by atomic mass is 9.78. The lowest BCUT2D eigenvalue weighted by molar-refractivity contribution is 0.242. The average molecular weight is 259 g/mol. The molecule has 2 N–H and O–H groups in total. The summed E-state index contributed by atoms with van der Waals surface area (Å²) in [5, 5.41) is 0. The Morgan fingerprint density at radius 3 is 2.89 bits per heavy atom. The van der Waals surface area contributed by atoms with Gasteiger partial charge in [-0.2, -0.15) is 0 Å². The first-order chi connectivity index (χ1) is 9.27. The number of anilines is 1. The number of nitrogens with two attached hydrogens (primary N) is 1. The van der Waals surface area contributed by atoms with Gasteiger partial charge >= 0.3 is 0 Å². The normalized spacial score (nSPS) is 28.8. The fourth-order valence-electron chi connectivity index (χ4n) is 3.89. The van der Waals surface area contributed by atoms with Crippen LogP contribution >= 0.6 is 0 Å². The Hall–Kier alpha value is -1.09. The van der Waals surface area contributed by atoms with Gasteiger partial charge in [0.05, 0.1) is 0 Å². The first-order valence-corrected chi connectivity index (χ1v) is 7.74. The van der Waals surface area contributed by atoms with E-state index in [9.17, 15) is 0 Å². The van der Waals surface area contributed by atoms with Crippen LogP contribution in [-0.4, -0.2) is 17.6 Å². The maximum Gasteiger partial charge on any atom is 0.133 e. The molecule has 0 unspecified atom stereocenters. The van der Waals surface area contributed by atoms with Crippen molar-refractivity contribution in [1.29, 1.82) is 0 Å². The van der Waals surface area contributed by atoms with Crippen LogP contribution in [-0.2, 0) is 0 Å². The summed E-state index contributed by atoms with van der Waals surface area (Å²) >= 11 is 0. The minimum atomic E-state index is 0.0627. The molecule has 0 spiro atoms. The first kappa shape index (κ1) is 12.9. The highest BCUT2D eigenvalue weighted by molar-refractivity contribution is 5.49. The van der Waals surface area contributed by atoms with E-state index in [2.05, 4.69) is 22.9 Å². The predicted octanol–water partition coefficient (Wildman–Crippen LogP) is 3.26. The quantitative estimate of drug-likeness (QED) is 0.886. The average Bonchev–Trinajstić information content (AvgIpc) is 2.46. The van der Waals surface area contributed by atoms with Crippen molar-refractivity contribution in [2.45, 2.75) is 57.5 Å². The van der Waals surface area contributed by atoms with E-state index >= 15 is 0 Å². The number of rotatable bonds is 2. The number of nitrogens with zero attached hydrogens (tertiary/aromatic N) is 2. The van der Waals surface area contributed by atoms with Crippen LogP contribution in [0.5, 0.6) is 0 Å². The maximum absolute atomic E-state index is 6.12. The summed E-state index contributed by atoms with van der Waals surface area (Å²) in [6.07, 6.45) is 10.1. The Morgan fingerprint density at radius 2 is 2.05 bits per heavy atom. The molecule has 0 aromatic carbocycles. The molecule has 3 heteroatoms. The monoisotopic (exact) mass is 259 g/mol. The number of fused-ring (bicyclic) bond motifs is 1. The number of aromatic nitrogens is 1. The minimum absolute atomic E-state index is 0.0627. The maximum atomic E-state index is 6.12. The van der Waals surface area contributed by atoms with Gasteiger partial charge in [-0.15, -0.1) is 0 Å². The third kappa shape index (κ3) is 2.48. The molecule has 3 atom stereocenters. The van der Waals surface area contributed by atoms with E-state index < -0.39 is 0 Å². The van der Waals surface area contributed by atoms with E-state index in [0.717, 1.165) is 18.3 Å². The van der Waals surface area contributed by atoms with E-state index in [-0.39, 0.29) is 6.04 Å². The topological polar surface area (TPSA) is 42.1 Å². The highest BCUT2D eigenvalue weighted by Crippen LogP contribution is 2.38. The number of hydrogen-bond donors (Lipinski definition) is 1. The molecule has 1 aliphatic heterocycles. The molecule has 1 saturated carbocycles. The summed E-state index contributed by atoms with van der Waals surface area (Å²) in [4.78, 5) is 7.22. The highest BCUT2D eigenvalue weighted by atomic mass is 15.2. The summed E-state index contributed by atoms with van der Waals surface area (Å²) in [5.74, 6) is 2.03. The Kier molecular flexibility index (Phi) is 3.74.